The molecule has 0 aliphatic heterocycles. The number of hydrogen-bond donors (Lipinski definition) is 2. The van der Waals surface area contributed by atoms with E-state index in [4.69, 9.17) is 5.73 Å². The van der Waals surface area contributed by atoms with Gasteiger partial charge in [0, 0.05) is 0 Å². The first kappa shape index (κ1) is 12.1. The van der Waals surface area contributed by atoms with Gasteiger partial charge in [0.25, 0.3) is 0 Å². The van der Waals surface area contributed by atoms with Gasteiger partial charge in [0.2, 0.25) is 5.91 Å². The molecule has 1 aromatic rings. The maximum absolute atomic E-state index is 11.8. The summed E-state index contributed by atoms with van der Waals surface area (Å²) in [6.07, 6.45) is 3.94. The summed E-state index contributed by atoms with van der Waals surface area (Å²) in [7, 11) is 0. The lowest BCUT2D eigenvalue weighted by atomic mass is 9.87. The molecule has 3 heteroatoms. The zero-order valence-electron chi connectivity index (χ0n) is 10.3. The quantitative estimate of drug-likeness (QED) is 0.836. The van der Waals surface area contributed by atoms with Gasteiger partial charge in [0.15, 0.2) is 0 Å². The Kier molecular flexibility index (Phi) is 3.79. The molecule has 1 amide bonds. The number of carbonyl (C=O) groups is 1. The van der Waals surface area contributed by atoms with Gasteiger partial charge in [-0.15, -0.1) is 0 Å². The van der Waals surface area contributed by atoms with E-state index >= 15 is 0 Å². The van der Waals surface area contributed by atoms with Crippen LogP contribution in [0.1, 0.15) is 43.4 Å². The summed E-state index contributed by atoms with van der Waals surface area (Å²) in [6, 6.07) is 8.10. The van der Waals surface area contributed by atoms with Gasteiger partial charge in [-0.2, -0.15) is 0 Å². The van der Waals surface area contributed by atoms with Gasteiger partial charge in [0.1, 0.15) is 0 Å². The Labute approximate surface area is 102 Å². The standard InChI is InChI=1S/C14H20N2O/c1-2-12(15)14(17)16-13-9-5-7-10-6-3-4-8-11(10)13/h3-4,6,8,12-13H,2,5,7,9,15H2,1H3,(H,16,17). The first-order valence-corrected chi connectivity index (χ1v) is 6.36. The molecule has 2 rings (SSSR count). The molecule has 2 unspecified atom stereocenters. The Morgan fingerprint density at radius 2 is 2.29 bits per heavy atom. The number of aryl methyl sites for hydroxylation is 1. The van der Waals surface area contributed by atoms with Crippen LogP contribution in [0.15, 0.2) is 24.3 Å². The zero-order chi connectivity index (χ0) is 12.3. The average molecular weight is 232 g/mol. The molecule has 0 fully saturated rings. The van der Waals surface area contributed by atoms with Crippen molar-refractivity contribution in [2.45, 2.75) is 44.7 Å². The van der Waals surface area contributed by atoms with Crippen LogP contribution < -0.4 is 11.1 Å². The highest BCUT2D eigenvalue weighted by Crippen LogP contribution is 2.29. The van der Waals surface area contributed by atoms with E-state index in [1.165, 1.54) is 11.1 Å². The van der Waals surface area contributed by atoms with Crippen LogP contribution in [0.2, 0.25) is 0 Å². The molecule has 3 nitrogen and oxygen atoms in total. The predicted octanol–water partition coefficient (Wildman–Crippen LogP) is 1.92. The first-order valence-electron chi connectivity index (χ1n) is 6.36. The van der Waals surface area contributed by atoms with Gasteiger partial charge in [0.05, 0.1) is 12.1 Å². The average Bonchev–Trinajstić information content (AvgIpc) is 2.38. The van der Waals surface area contributed by atoms with Crippen molar-refractivity contribution < 1.29 is 4.79 Å². The Balaban J connectivity index is 2.11. The number of rotatable bonds is 3. The van der Waals surface area contributed by atoms with Gasteiger partial charge < -0.3 is 11.1 Å². The molecule has 0 heterocycles. The second-order valence-electron chi connectivity index (χ2n) is 4.67. The van der Waals surface area contributed by atoms with E-state index in [0.717, 1.165) is 19.3 Å². The number of hydrogen-bond acceptors (Lipinski definition) is 2. The van der Waals surface area contributed by atoms with Crippen LogP contribution >= 0.6 is 0 Å². The Morgan fingerprint density at radius 1 is 1.53 bits per heavy atom. The summed E-state index contributed by atoms with van der Waals surface area (Å²) >= 11 is 0. The molecule has 0 bridgehead atoms. The van der Waals surface area contributed by atoms with E-state index in [1.54, 1.807) is 0 Å². The normalized spacial score (nSPS) is 20.5. The Hall–Kier alpha value is -1.35. The third-order valence-corrected chi connectivity index (χ3v) is 3.46. The number of amides is 1. The van der Waals surface area contributed by atoms with E-state index in [9.17, 15) is 4.79 Å². The molecule has 2 atom stereocenters. The van der Waals surface area contributed by atoms with Gasteiger partial charge in [-0.3, -0.25) is 4.79 Å². The zero-order valence-corrected chi connectivity index (χ0v) is 10.3. The van der Waals surface area contributed by atoms with E-state index in [2.05, 4.69) is 23.5 Å². The minimum Gasteiger partial charge on any atom is -0.348 e. The highest BCUT2D eigenvalue weighted by molar-refractivity contribution is 5.81. The molecule has 1 aliphatic rings. The van der Waals surface area contributed by atoms with Crippen molar-refractivity contribution in [3.8, 4) is 0 Å². The van der Waals surface area contributed by atoms with Crippen LogP contribution in [0.3, 0.4) is 0 Å². The lowest BCUT2D eigenvalue weighted by Crippen LogP contribution is -2.42. The van der Waals surface area contributed by atoms with Crippen molar-refractivity contribution in [3.63, 3.8) is 0 Å². The minimum atomic E-state index is -0.385. The van der Waals surface area contributed by atoms with E-state index < -0.39 is 0 Å². The fourth-order valence-corrected chi connectivity index (χ4v) is 2.37. The fraction of sp³-hybridized carbons (Fsp3) is 0.500. The number of nitrogens with two attached hydrogens (primary N) is 1. The summed E-state index contributed by atoms with van der Waals surface area (Å²) in [5.41, 5.74) is 8.36. The van der Waals surface area contributed by atoms with Crippen molar-refractivity contribution in [2.24, 2.45) is 5.73 Å². The van der Waals surface area contributed by atoms with Gasteiger partial charge in [-0.05, 0) is 36.8 Å². The second kappa shape index (κ2) is 5.32. The van der Waals surface area contributed by atoms with Crippen LogP contribution in [0.25, 0.3) is 0 Å². The number of nitrogens with one attached hydrogen (secondary N) is 1. The SMILES string of the molecule is CCC(N)C(=O)NC1CCCc2ccccc21. The topological polar surface area (TPSA) is 55.1 Å². The molecular formula is C14H20N2O. The van der Waals surface area contributed by atoms with E-state index in [-0.39, 0.29) is 18.0 Å². The van der Waals surface area contributed by atoms with E-state index in [0.29, 0.717) is 6.42 Å². The first-order chi connectivity index (χ1) is 8.22. The molecule has 0 radical (unpaired) electrons. The summed E-state index contributed by atoms with van der Waals surface area (Å²) in [5.74, 6) is -0.0331. The monoisotopic (exact) mass is 232 g/mol. The molecule has 1 aliphatic carbocycles. The Morgan fingerprint density at radius 3 is 3.06 bits per heavy atom. The fourth-order valence-electron chi connectivity index (χ4n) is 2.37. The third-order valence-electron chi connectivity index (χ3n) is 3.46. The van der Waals surface area contributed by atoms with Crippen LogP contribution in [0.4, 0.5) is 0 Å². The van der Waals surface area contributed by atoms with Gasteiger partial charge in [-0.1, -0.05) is 31.2 Å². The van der Waals surface area contributed by atoms with Crippen molar-refractivity contribution in [3.05, 3.63) is 35.4 Å². The van der Waals surface area contributed by atoms with Crippen LogP contribution in [-0.4, -0.2) is 11.9 Å². The van der Waals surface area contributed by atoms with Crippen LogP contribution in [-0.2, 0) is 11.2 Å². The van der Waals surface area contributed by atoms with Crippen LogP contribution in [0.5, 0.6) is 0 Å². The molecular weight excluding hydrogens is 212 g/mol. The van der Waals surface area contributed by atoms with Crippen molar-refractivity contribution >= 4 is 5.91 Å². The molecule has 0 aromatic heterocycles. The van der Waals surface area contributed by atoms with Crippen molar-refractivity contribution in [1.82, 2.24) is 5.32 Å². The molecule has 0 saturated heterocycles. The highest BCUT2D eigenvalue weighted by Gasteiger charge is 2.22. The lowest BCUT2D eigenvalue weighted by molar-refractivity contribution is -0.123. The summed E-state index contributed by atoms with van der Waals surface area (Å²) in [5, 5.41) is 3.06. The molecule has 3 N–H and O–H groups in total. The minimum absolute atomic E-state index is 0.0331. The summed E-state index contributed by atoms with van der Waals surface area (Å²) in [4.78, 5) is 11.8. The highest BCUT2D eigenvalue weighted by atomic mass is 16.2. The number of fused-ring (bicyclic) bond motifs is 1. The molecule has 17 heavy (non-hydrogen) atoms. The van der Waals surface area contributed by atoms with Crippen LogP contribution in [0, 0.1) is 0 Å². The van der Waals surface area contributed by atoms with Gasteiger partial charge in [-0.25, -0.2) is 0 Å². The second-order valence-corrected chi connectivity index (χ2v) is 4.67. The number of benzene rings is 1. The number of carbonyl (C=O) groups excluding carboxylic acids is 1. The molecule has 0 saturated carbocycles. The van der Waals surface area contributed by atoms with Gasteiger partial charge >= 0.3 is 0 Å². The smallest absolute Gasteiger partial charge is 0.237 e. The molecule has 0 spiro atoms. The summed E-state index contributed by atoms with van der Waals surface area (Å²) < 4.78 is 0. The maximum atomic E-state index is 11.8. The predicted molar refractivity (Wildman–Crippen MR) is 68.5 cm³/mol. The summed E-state index contributed by atoms with van der Waals surface area (Å²) in [6.45, 7) is 1.93. The van der Waals surface area contributed by atoms with Crippen molar-refractivity contribution in [2.75, 3.05) is 0 Å². The van der Waals surface area contributed by atoms with E-state index in [1.807, 2.05) is 13.0 Å². The maximum Gasteiger partial charge on any atom is 0.237 e. The third kappa shape index (κ3) is 2.67. The van der Waals surface area contributed by atoms with Crippen molar-refractivity contribution in [1.29, 1.82) is 0 Å². The lowest BCUT2D eigenvalue weighted by Gasteiger charge is -2.27. The molecule has 92 valence electrons. The largest absolute Gasteiger partial charge is 0.348 e. The molecule has 1 aromatic carbocycles. The Bertz CT molecular complexity index is 403.